The summed E-state index contributed by atoms with van der Waals surface area (Å²) in [7, 11) is 1.42. The van der Waals surface area contributed by atoms with Crippen molar-refractivity contribution in [1.82, 2.24) is 20.8 Å². The molecular weight excluding hydrogens is 358 g/mol. The number of aryl methyl sites for hydroxylation is 1. The highest BCUT2D eigenvalue weighted by atomic mass is 32.1. The molecule has 0 saturated carbocycles. The van der Waals surface area contributed by atoms with E-state index in [0.29, 0.717) is 23.8 Å². The molecule has 1 saturated heterocycles. The van der Waals surface area contributed by atoms with E-state index in [9.17, 15) is 9.59 Å². The van der Waals surface area contributed by atoms with Gasteiger partial charge in [-0.15, -0.1) is 0 Å². The molecule has 0 aromatic carbocycles. The molecule has 138 valence electrons. The van der Waals surface area contributed by atoms with Crippen molar-refractivity contribution < 1.29 is 19.1 Å². The fraction of sp³-hybridized carbons (Fsp3) is 0.375. The molecule has 2 amide bonds. The van der Waals surface area contributed by atoms with Gasteiger partial charge in [0.25, 0.3) is 11.8 Å². The SMILES string of the molecule is COc1ncccc1C(=O)NNC(=O)c1sc(N2CCOCC2)nc1C. The van der Waals surface area contributed by atoms with Crippen molar-refractivity contribution in [2.75, 3.05) is 38.3 Å². The van der Waals surface area contributed by atoms with Crippen LogP contribution >= 0.6 is 11.3 Å². The van der Waals surface area contributed by atoms with E-state index in [-0.39, 0.29) is 11.4 Å². The molecule has 0 radical (unpaired) electrons. The number of morpholine rings is 1. The second-order valence-corrected chi connectivity index (χ2v) is 6.46. The largest absolute Gasteiger partial charge is 0.480 e. The number of anilines is 1. The third-order valence-electron chi connectivity index (χ3n) is 3.77. The monoisotopic (exact) mass is 377 g/mol. The van der Waals surface area contributed by atoms with Crippen molar-refractivity contribution in [3.05, 3.63) is 34.5 Å². The van der Waals surface area contributed by atoms with Crippen molar-refractivity contribution in [2.45, 2.75) is 6.92 Å². The number of nitrogens with one attached hydrogen (secondary N) is 2. The zero-order valence-electron chi connectivity index (χ0n) is 14.4. The highest BCUT2D eigenvalue weighted by Crippen LogP contribution is 2.26. The minimum Gasteiger partial charge on any atom is -0.480 e. The predicted molar refractivity (Wildman–Crippen MR) is 95.6 cm³/mol. The number of amides is 2. The molecule has 2 N–H and O–H groups in total. The lowest BCUT2D eigenvalue weighted by atomic mass is 10.2. The molecule has 0 atom stereocenters. The number of ether oxygens (including phenoxy) is 2. The third kappa shape index (κ3) is 3.92. The zero-order valence-corrected chi connectivity index (χ0v) is 15.3. The predicted octanol–water partition coefficient (Wildman–Crippen LogP) is 0.767. The number of carbonyl (C=O) groups is 2. The van der Waals surface area contributed by atoms with E-state index < -0.39 is 11.8 Å². The summed E-state index contributed by atoms with van der Waals surface area (Å²) < 4.78 is 10.4. The van der Waals surface area contributed by atoms with E-state index in [1.165, 1.54) is 24.6 Å². The Kier molecular flexibility index (Phi) is 5.64. The molecule has 1 aliphatic heterocycles. The van der Waals surface area contributed by atoms with Crippen LogP contribution in [0.4, 0.5) is 5.13 Å². The Bertz CT molecular complexity index is 804. The first-order valence-corrected chi connectivity index (χ1v) is 8.81. The van der Waals surface area contributed by atoms with Gasteiger partial charge >= 0.3 is 0 Å². The maximum Gasteiger partial charge on any atom is 0.281 e. The summed E-state index contributed by atoms with van der Waals surface area (Å²) in [5.74, 6) is -0.752. The summed E-state index contributed by atoms with van der Waals surface area (Å²) in [5.41, 5.74) is 5.63. The van der Waals surface area contributed by atoms with Gasteiger partial charge in [0.15, 0.2) is 5.13 Å². The van der Waals surface area contributed by atoms with E-state index in [1.807, 2.05) is 0 Å². The normalized spacial score (nSPS) is 14.0. The number of pyridine rings is 1. The van der Waals surface area contributed by atoms with Crippen LogP contribution in [0.25, 0.3) is 0 Å². The summed E-state index contributed by atoms with van der Waals surface area (Å²) in [6, 6.07) is 3.17. The van der Waals surface area contributed by atoms with Gasteiger partial charge in [0, 0.05) is 19.3 Å². The van der Waals surface area contributed by atoms with Gasteiger partial charge < -0.3 is 14.4 Å². The third-order valence-corrected chi connectivity index (χ3v) is 4.99. The Hall–Kier alpha value is -2.72. The maximum absolute atomic E-state index is 12.4. The summed E-state index contributed by atoms with van der Waals surface area (Å²) in [4.78, 5) is 35.6. The fourth-order valence-electron chi connectivity index (χ4n) is 2.45. The van der Waals surface area contributed by atoms with Crippen LogP contribution in [0.15, 0.2) is 18.3 Å². The molecule has 2 aromatic heterocycles. The molecule has 1 aliphatic rings. The van der Waals surface area contributed by atoms with Crippen molar-refractivity contribution in [1.29, 1.82) is 0 Å². The van der Waals surface area contributed by atoms with Gasteiger partial charge in [-0.1, -0.05) is 11.3 Å². The van der Waals surface area contributed by atoms with Gasteiger partial charge in [0.2, 0.25) is 5.88 Å². The Balaban J connectivity index is 1.65. The van der Waals surface area contributed by atoms with Crippen LogP contribution in [-0.2, 0) is 4.74 Å². The number of hydrazine groups is 1. The Labute approximate surface area is 154 Å². The van der Waals surface area contributed by atoms with Crippen LogP contribution < -0.4 is 20.5 Å². The smallest absolute Gasteiger partial charge is 0.281 e. The Morgan fingerprint density at radius 1 is 1.27 bits per heavy atom. The number of methoxy groups -OCH3 is 1. The van der Waals surface area contributed by atoms with Gasteiger partial charge in [0.05, 0.1) is 26.0 Å². The fourth-order valence-corrected chi connectivity index (χ4v) is 3.46. The minimum atomic E-state index is -0.515. The average molecular weight is 377 g/mol. The van der Waals surface area contributed by atoms with Gasteiger partial charge in [-0.2, -0.15) is 0 Å². The molecule has 0 spiro atoms. The summed E-state index contributed by atoms with van der Waals surface area (Å²) >= 11 is 1.29. The highest BCUT2D eigenvalue weighted by molar-refractivity contribution is 7.17. The minimum absolute atomic E-state index is 0.183. The van der Waals surface area contributed by atoms with Gasteiger partial charge in [-0.25, -0.2) is 9.97 Å². The van der Waals surface area contributed by atoms with Crippen molar-refractivity contribution in [3.8, 4) is 5.88 Å². The molecule has 2 aromatic rings. The molecular formula is C16H19N5O4S. The molecule has 3 heterocycles. The van der Waals surface area contributed by atoms with E-state index in [2.05, 4.69) is 25.7 Å². The van der Waals surface area contributed by atoms with Crippen molar-refractivity contribution in [2.24, 2.45) is 0 Å². The van der Waals surface area contributed by atoms with Crippen molar-refractivity contribution in [3.63, 3.8) is 0 Å². The number of aromatic nitrogens is 2. The Morgan fingerprint density at radius 3 is 2.73 bits per heavy atom. The molecule has 0 unspecified atom stereocenters. The lowest BCUT2D eigenvalue weighted by Gasteiger charge is -2.25. The second-order valence-electron chi connectivity index (χ2n) is 5.48. The molecule has 1 fully saturated rings. The molecule has 26 heavy (non-hydrogen) atoms. The van der Waals surface area contributed by atoms with Gasteiger partial charge in [0.1, 0.15) is 10.4 Å². The van der Waals surface area contributed by atoms with Crippen LogP contribution in [0.2, 0.25) is 0 Å². The lowest BCUT2D eigenvalue weighted by Crippen LogP contribution is -2.41. The first kappa shape index (κ1) is 18.1. The quantitative estimate of drug-likeness (QED) is 0.758. The van der Waals surface area contributed by atoms with E-state index >= 15 is 0 Å². The van der Waals surface area contributed by atoms with Crippen molar-refractivity contribution >= 4 is 28.3 Å². The van der Waals surface area contributed by atoms with Gasteiger partial charge in [-0.05, 0) is 19.1 Å². The topological polar surface area (TPSA) is 106 Å². The first-order chi connectivity index (χ1) is 12.6. The molecule has 3 rings (SSSR count). The van der Waals surface area contributed by atoms with Crippen LogP contribution in [0, 0.1) is 6.92 Å². The number of carbonyl (C=O) groups excluding carboxylic acids is 2. The Morgan fingerprint density at radius 2 is 2.00 bits per heavy atom. The van der Waals surface area contributed by atoms with Crippen LogP contribution in [0.5, 0.6) is 5.88 Å². The summed E-state index contributed by atoms with van der Waals surface area (Å²) in [6.07, 6.45) is 1.52. The number of hydrogen-bond acceptors (Lipinski definition) is 8. The number of rotatable bonds is 4. The summed E-state index contributed by atoms with van der Waals surface area (Å²) in [5, 5.41) is 0.774. The number of thiazole rings is 1. The van der Waals surface area contributed by atoms with Crippen LogP contribution in [-0.4, -0.2) is 55.2 Å². The summed E-state index contributed by atoms with van der Waals surface area (Å²) in [6.45, 7) is 4.53. The molecule has 10 heteroatoms. The van der Waals surface area contributed by atoms with E-state index in [4.69, 9.17) is 9.47 Å². The molecule has 9 nitrogen and oxygen atoms in total. The molecule has 0 aliphatic carbocycles. The van der Waals surface area contributed by atoms with E-state index in [0.717, 1.165) is 18.2 Å². The maximum atomic E-state index is 12.4. The lowest BCUT2D eigenvalue weighted by molar-refractivity contribution is 0.0846. The average Bonchev–Trinajstić information content (AvgIpc) is 3.08. The number of hydrogen-bond donors (Lipinski definition) is 2. The van der Waals surface area contributed by atoms with Gasteiger partial charge in [-0.3, -0.25) is 20.4 Å². The van der Waals surface area contributed by atoms with Crippen LogP contribution in [0.1, 0.15) is 25.7 Å². The standard InChI is InChI=1S/C16H19N5O4S/c1-10-12(26-16(18-10)21-6-8-25-9-7-21)14(23)20-19-13(22)11-4-3-5-17-15(11)24-2/h3-5H,6-9H2,1-2H3,(H,19,22)(H,20,23). The highest BCUT2D eigenvalue weighted by Gasteiger charge is 2.21. The van der Waals surface area contributed by atoms with Crippen LogP contribution in [0.3, 0.4) is 0 Å². The first-order valence-electron chi connectivity index (χ1n) is 8.00. The second kappa shape index (κ2) is 8.11. The van der Waals surface area contributed by atoms with E-state index in [1.54, 1.807) is 19.1 Å². The number of nitrogens with zero attached hydrogens (tertiary/aromatic N) is 3. The zero-order chi connectivity index (χ0) is 18.5. The molecule has 0 bridgehead atoms.